The van der Waals surface area contributed by atoms with Gasteiger partial charge in [-0.1, -0.05) is 33.7 Å². The number of benzene rings is 2. The smallest absolute Gasteiger partial charge is 0.410 e. The van der Waals surface area contributed by atoms with Gasteiger partial charge in [0.25, 0.3) is 0 Å². The summed E-state index contributed by atoms with van der Waals surface area (Å²) in [6.07, 6.45) is -0.677. The summed E-state index contributed by atoms with van der Waals surface area (Å²) in [7, 11) is 3.19. The maximum atomic E-state index is 12.4. The average Bonchev–Trinajstić information content (AvgIpc) is 2.79. The van der Waals surface area contributed by atoms with Crippen molar-refractivity contribution >= 4 is 33.8 Å². The van der Waals surface area contributed by atoms with Gasteiger partial charge in [0.15, 0.2) is 0 Å². The maximum absolute atomic E-state index is 12.4. The number of ether oxygens (including phenoxy) is 2. The summed E-state index contributed by atoms with van der Waals surface area (Å²) in [5, 5.41) is 0. The van der Waals surface area contributed by atoms with E-state index < -0.39 is 0 Å². The van der Waals surface area contributed by atoms with Crippen LogP contribution in [0.1, 0.15) is 49.9 Å². The molecule has 2 rings (SSSR count). The first-order chi connectivity index (χ1) is 16.1. The Hall–Kier alpha value is -2.32. The summed E-state index contributed by atoms with van der Waals surface area (Å²) in [5.74, 6) is 1.14. The molecule has 0 fully saturated rings. The molecule has 0 radical (unpaired) electrons. The van der Waals surface area contributed by atoms with Crippen LogP contribution >= 0.6 is 21.6 Å². The molecular formula is C26H36N2O4S2. The molecule has 2 aromatic rings. The third-order valence-electron chi connectivity index (χ3n) is 5.60. The number of carbonyl (C=O) groups is 2. The van der Waals surface area contributed by atoms with E-state index in [-0.39, 0.29) is 12.2 Å². The predicted molar refractivity (Wildman–Crippen MR) is 141 cm³/mol. The fourth-order valence-electron chi connectivity index (χ4n) is 3.40. The second kappa shape index (κ2) is 13.0. The predicted octanol–water partition coefficient (Wildman–Crippen LogP) is 7.40. The summed E-state index contributed by atoms with van der Waals surface area (Å²) in [6.45, 7) is 18.1. The first-order valence-electron chi connectivity index (χ1n) is 11.6. The zero-order chi connectivity index (χ0) is 25.4. The molecule has 8 heteroatoms. The Balaban J connectivity index is 2.22. The minimum absolute atomic E-state index is 0.338. The van der Waals surface area contributed by atoms with Gasteiger partial charge in [-0.05, 0) is 89.8 Å². The van der Waals surface area contributed by atoms with E-state index in [4.69, 9.17) is 9.47 Å². The van der Waals surface area contributed by atoms with Gasteiger partial charge >= 0.3 is 12.2 Å². The molecule has 0 N–H and O–H groups in total. The highest BCUT2D eigenvalue weighted by Crippen LogP contribution is 2.43. The molecule has 0 unspecified atom stereocenters. The number of nitrogens with zero attached hydrogens (tertiary/aromatic N) is 2. The van der Waals surface area contributed by atoms with Gasteiger partial charge in [0, 0.05) is 36.0 Å². The molecule has 0 aliphatic heterocycles. The Morgan fingerprint density at radius 2 is 0.941 bits per heavy atom. The molecule has 0 aliphatic carbocycles. The van der Waals surface area contributed by atoms with E-state index in [9.17, 15) is 9.59 Å². The molecule has 0 bridgehead atoms. The van der Waals surface area contributed by atoms with Crippen molar-refractivity contribution < 1.29 is 19.1 Å². The molecule has 2 aromatic carbocycles. The van der Waals surface area contributed by atoms with Crippen molar-refractivity contribution in [2.75, 3.05) is 26.2 Å². The lowest BCUT2D eigenvalue weighted by atomic mass is 10.1. The highest BCUT2D eigenvalue weighted by atomic mass is 33.1. The normalized spacial score (nSPS) is 10.7. The third kappa shape index (κ3) is 7.09. The molecular weight excluding hydrogens is 468 g/mol. The maximum Gasteiger partial charge on any atom is 0.415 e. The fourth-order valence-corrected chi connectivity index (χ4v) is 5.88. The van der Waals surface area contributed by atoms with Crippen LogP contribution < -0.4 is 9.47 Å². The molecule has 2 amide bonds. The molecule has 0 atom stereocenters. The fraction of sp³-hybridized carbons (Fsp3) is 0.462. The van der Waals surface area contributed by atoms with Crippen molar-refractivity contribution in [2.45, 2.75) is 65.2 Å². The SMILES string of the molecule is CCN(CC)C(=O)Oc1cc(SSc2cc(OC(=O)N(CC)CC)c(C)cc2C)c(C)cc1C. The second-order valence-electron chi connectivity index (χ2n) is 8.01. The number of aryl methyl sites for hydroxylation is 4. The van der Waals surface area contributed by atoms with Crippen LogP contribution in [-0.2, 0) is 0 Å². The number of amides is 2. The van der Waals surface area contributed by atoms with Gasteiger partial charge in [-0.25, -0.2) is 9.59 Å². The average molecular weight is 505 g/mol. The van der Waals surface area contributed by atoms with Gasteiger partial charge < -0.3 is 19.3 Å². The van der Waals surface area contributed by atoms with Crippen molar-refractivity contribution in [3.63, 3.8) is 0 Å². The number of carbonyl (C=O) groups excluding carboxylic acids is 2. The Bertz CT molecular complexity index is 937. The quantitative estimate of drug-likeness (QED) is 0.332. The first kappa shape index (κ1) is 27.9. The zero-order valence-corrected chi connectivity index (χ0v) is 23.1. The van der Waals surface area contributed by atoms with E-state index in [2.05, 4.69) is 0 Å². The van der Waals surface area contributed by atoms with Crippen LogP contribution in [0.4, 0.5) is 9.59 Å². The van der Waals surface area contributed by atoms with Crippen LogP contribution in [0.5, 0.6) is 11.5 Å². The standard InChI is InChI=1S/C26H36N2O4S2/c1-9-27(10-2)25(29)31-21-15-23(19(7)13-17(21)5)33-34-24-16-22(18(6)14-20(24)8)32-26(30)28(11-3)12-4/h13-16H,9-12H2,1-8H3. The van der Waals surface area contributed by atoms with Crippen LogP contribution in [0, 0.1) is 27.7 Å². The van der Waals surface area contributed by atoms with E-state index in [0.29, 0.717) is 37.7 Å². The van der Waals surface area contributed by atoms with Crippen LogP contribution in [0.2, 0.25) is 0 Å². The molecule has 0 saturated heterocycles. The van der Waals surface area contributed by atoms with Gasteiger partial charge in [0.1, 0.15) is 11.5 Å². The minimum Gasteiger partial charge on any atom is -0.410 e. The summed E-state index contributed by atoms with van der Waals surface area (Å²) in [6, 6.07) is 7.92. The van der Waals surface area contributed by atoms with Gasteiger partial charge in [-0.2, -0.15) is 0 Å². The Kier molecular flexibility index (Phi) is 10.6. The van der Waals surface area contributed by atoms with Crippen molar-refractivity contribution in [3.05, 3.63) is 46.5 Å². The molecule has 0 heterocycles. The first-order valence-corrected chi connectivity index (χ1v) is 13.8. The van der Waals surface area contributed by atoms with E-state index in [1.54, 1.807) is 31.4 Å². The molecule has 186 valence electrons. The van der Waals surface area contributed by atoms with Gasteiger partial charge in [-0.15, -0.1) is 0 Å². The Morgan fingerprint density at radius 3 is 1.24 bits per heavy atom. The molecule has 6 nitrogen and oxygen atoms in total. The van der Waals surface area contributed by atoms with Crippen LogP contribution in [0.3, 0.4) is 0 Å². The zero-order valence-electron chi connectivity index (χ0n) is 21.5. The van der Waals surface area contributed by atoms with Gasteiger partial charge in [0.05, 0.1) is 0 Å². The monoisotopic (exact) mass is 504 g/mol. The lowest BCUT2D eigenvalue weighted by Crippen LogP contribution is -2.33. The van der Waals surface area contributed by atoms with Crippen LogP contribution in [0.25, 0.3) is 0 Å². The number of hydrogen-bond acceptors (Lipinski definition) is 6. The van der Waals surface area contributed by atoms with E-state index >= 15 is 0 Å². The summed E-state index contributed by atoms with van der Waals surface area (Å²) >= 11 is 0. The summed E-state index contributed by atoms with van der Waals surface area (Å²) < 4.78 is 11.4. The molecule has 0 aliphatic rings. The van der Waals surface area contributed by atoms with E-state index in [1.165, 1.54) is 0 Å². The second-order valence-corrected chi connectivity index (χ2v) is 10.2. The molecule has 0 saturated carbocycles. The van der Waals surface area contributed by atoms with E-state index in [1.807, 2.05) is 79.7 Å². The van der Waals surface area contributed by atoms with Crippen molar-refractivity contribution in [3.8, 4) is 11.5 Å². The molecule has 34 heavy (non-hydrogen) atoms. The Labute approximate surface area is 211 Å². The summed E-state index contributed by atoms with van der Waals surface area (Å²) in [4.78, 5) is 30.2. The van der Waals surface area contributed by atoms with Crippen molar-refractivity contribution in [2.24, 2.45) is 0 Å². The van der Waals surface area contributed by atoms with Crippen molar-refractivity contribution in [1.29, 1.82) is 0 Å². The lowest BCUT2D eigenvalue weighted by Gasteiger charge is -2.20. The summed E-state index contributed by atoms with van der Waals surface area (Å²) in [5.41, 5.74) is 4.06. The third-order valence-corrected chi connectivity index (χ3v) is 8.25. The van der Waals surface area contributed by atoms with E-state index in [0.717, 1.165) is 32.0 Å². The Morgan fingerprint density at radius 1 is 0.618 bits per heavy atom. The molecule has 0 spiro atoms. The topological polar surface area (TPSA) is 59.1 Å². The van der Waals surface area contributed by atoms with Gasteiger partial charge in [-0.3, -0.25) is 0 Å². The molecule has 0 aromatic heterocycles. The highest BCUT2D eigenvalue weighted by Gasteiger charge is 2.17. The van der Waals surface area contributed by atoms with Crippen LogP contribution in [-0.4, -0.2) is 48.2 Å². The van der Waals surface area contributed by atoms with Crippen LogP contribution in [0.15, 0.2) is 34.1 Å². The lowest BCUT2D eigenvalue weighted by molar-refractivity contribution is 0.156. The number of hydrogen-bond donors (Lipinski definition) is 0. The minimum atomic E-state index is -0.338. The highest BCUT2D eigenvalue weighted by molar-refractivity contribution is 8.76. The van der Waals surface area contributed by atoms with Gasteiger partial charge in [0.2, 0.25) is 0 Å². The van der Waals surface area contributed by atoms with Crippen molar-refractivity contribution in [1.82, 2.24) is 9.80 Å². The number of rotatable bonds is 9. The largest absolute Gasteiger partial charge is 0.415 e.